The fourth-order valence-corrected chi connectivity index (χ4v) is 3.44. The Hall–Kier alpha value is -0.420. The number of fused-ring (bicyclic) bond motifs is 1. The Kier molecular flexibility index (Phi) is 4.53. The average molecular weight is 325 g/mol. The second kappa shape index (κ2) is 6.35. The van der Waals surface area contributed by atoms with Crippen LogP contribution in [0.2, 0.25) is 0 Å². The molecular formula is C15H21BrN2O. The number of ether oxygens (including phenoxy) is 1. The largest absolute Gasteiger partial charge is 0.374 e. The standard InChI is InChI=1S/C15H21BrN2O/c16-15-6-2-1-4-12(15)8-17-9-14-10-18-7-3-5-13(18)11-19-14/h1-2,4,6,13-14,17H,3,5,7-11H2. The van der Waals surface area contributed by atoms with Gasteiger partial charge in [-0.05, 0) is 31.0 Å². The number of hydrogen-bond donors (Lipinski definition) is 1. The molecule has 3 rings (SSSR count). The van der Waals surface area contributed by atoms with E-state index in [1.807, 2.05) is 6.07 Å². The van der Waals surface area contributed by atoms with Gasteiger partial charge in [0.25, 0.3) is 0 Å². The number of benzene rings is 1. The Morgan fingerprint density at radius 2 is 2.26 bits per heavy atom. The minimum absolute atomic E-state index is 0.344. The molecule has 1 aromatic carbocycles. The lowest BCUT2D eigenvalue weighted by molar-refractivity contribution is -0.0470. The quantitative estimate of drug-likeness (QED) is 0.920. The van der Waals surface area contributed by atoms with Gasteiger partial charge in [-0.2, -0.15) is 0 Å². The predicted octanol–water partition coefficient (Wildman–Crippen LogP) is 2.40. The van der Waals surface area contributed by atoms with Crippen LogP contribution in [-0.4, -0.2) is 43.3 Å². The summed E-state index contributed by atoms with van der Waals surface area (Å²) >= 11 is 3.58. The summed E-state index contributed by atoms with van der Waals surface area (Å²) in [5.74, 6) is 0. The minimum atomic E-state index is 0.344. The van der Waals surface area contributed by atoms with Crippen LogP contribution in [0.25, 0.3) is 0 Å². The molecule has 104 valence electrons. The van der Waals surface area contributed by atoms with Crippen LogP contribution in [-0.2, 0) is 11.3 Å². The van der Waals surface area contributed by atoms with Gasteiger partial charge in [-0.15, -0.1) is 0 Å². The molecule has 0 bridgehead atoms. The fraction of sp³-hybridized carbons (Fsp3) is 0.600. The lowest BCUT2D eigenvalue weighted by Gasteiger charge is -2.35. The van der Waals surface area contributed by atoms with E-state index >= 15 is 0 Å². The summed E-state index contributed by atoms with van der Waals surface area (Å²) in [6.45, 7) is 5.10. The first-order chi connectivity index (χ1) is 9.33. The molecule has 0 amide bonds. The van der Waals surface area contributed by atoms with Crippen LogP contribution in [0.5, 0.6) is 0 Å². The van der Waals surface area contributed by atoms with Gasteiger partial charge in [0, 0.05) is 30.1 Å². The molecule has 2 unspecified atom stereocenters. The van der Waals surface area contributed by atoms with Crippen LogP contribution in [0.15, 0.2) is 28.7 Å². The number of rotatable bonds is 4. The second-order valence-corrected chi connectivity index (χ2v) is 6.32. The van der Waals surface area contributed by atoms with Crippen LogP contribution >= 0.6 is 15.9 Å². The van der Waals surface area contributed by atoms with Crippen LogP contribution in [0.4, 0.5) is 0 Å². The van der Waals surface area contributed by atoms with Gasteiger partial charge in [0.1, 0.15) is 0 Å². The van der Waals surface area contributed by atoms with E-state index in [-0.39, 0.29) is 0 Å². The normalized spacial score (nSPS) is 27.4. The highest BCUT2D eigenvalue weighted by atomic mass is 79.9. The maximum absolute atomic E-state index is 5.94. The Bertz CT molecular complexity index is 426. The van der Waals surface area contributed by atoms with Gasteiger partial charge >= 0.3 is 0 Å². The summed E-state index contributed by atoms with van der Waals surface area (Å²) in [5, 5.41) is 3.51. The Labute approximate surface area is 123 Å². The molecule has 0 radical (unpaired) electrons. The lowest BCUT2D eigenvalue weighted by atomic mass is 10.2. The highest BCUT2D eigenvalue weighted by Crippen LogP contribution is 2.22. The number of halogens is 1. The van der Waals surface area contributed by atoms with Gasteiger partial charge in [0.2, 0.25) is 0 Å². The van der Waals surface area contributed by atoms with Crippen molar-refractivity contribution in [1.29, 1.82) is 0 Å². The molecule has 0 spiro atoms. The molecular weight excluding hydrogens is 304 g/mol. The van der Waals surface area contributed by atoms with Crippen molar-refractivity contribution in [3.05, 3.63) is 34.3 Å². The topological polar surface area (TPSA) is 24.5 Å². The molecule has 2 fully saturated rings. The summed E-state index contributed by atoms with van der Waals surface area (Å²) in [4.78, 5) is 2.59. The molecule has 19 heavy (non-hydrogen) atoms. The molecule has 1 aromatic rings. The summed E-state index contributed by atoms with van der Waals surface area (Å²) < 4.78 is 7.12. The summed E-state index contributed by atoms with van der Waals surface area (Å²) in [6.07, 6.45) is 3.00. The smallest absolute Gasteiger partial charge is 0.0827 e. The van der Waals surface area contributed by atoms with Gasteiger partial charge in [0.15, 0.2) is 0 Å². The van der Waals surface area contributed by atoms with E-state index in [0.717, 1.165) is 26.2 Å². The predicted molar refractivity (Wildman–Crippen MR) is 80.2 cm³/mol. The molecule has 2 saturated heterocycles. The molecule has 0 saturated carbocycles. The molecule has 1 N–H and O–H groups in total. The zero-order valence-corrected chi connectivity index (χ0v) is 12.7. The van der Waals surface area contributed by atoms with E-state index < -0.39 is 0 Å². The second-order valence-electron chi connectivity index (χ2n) is 5.47. The third-order valence-corrected chi connectivity index (χ3v) is 4.88. The monoisotopic (exact) mass is 324 g/mol. The van der Waals surface area contributed by atoms with Crippen molar-refractivity contribution in [1.82, 2.24) is 10.2 Å². The fourth-order valence-electron chi connectivity index (χ4n) is 3.02. The van der Waals surface area contributed by atoms with Crippen molar-refractivity contribution < 1.29 is 4.74 Å². The van der Waals surface area contributed by atoms with Gasteiger partial charge in [-0.3, -0.25) is 4.90 Å². The van der Waals surface area contributed by atoms with E-state index in [9.17, 15) is 0 Å². The number of nitrogens with zero attached hydrogens (tertiary/aromatic N) is 1. The molecule has 2 aliphatic rings. The van der Waals surface area contributed by atoms with Crippen LogP contribution < -0.4 is 5.32 Å². The Balaban J connectivity index is 1.44. The third kappa shape index (κ3) is 3.37. The van der Waals surface area contributed by atoms with Crippen molar-refractivity contribution in [2.75, 3.05) is 26.2 Å². The molecule has 0 aliphatic carbocycles. The summed E-state index contributed by atoms with van der Waals surface area (Å²) in [5.41, 5.74) is 1.30. The zero-order chi connectivity index (χ0) is 13.1. The first kappa shape index (κ1) is 13.6. The molecule has 0 aromatic heterocycles. The first-order valence-electron chi connectivity index (χ1n) is 7.13. The minimum Gasteiger partial charge on any atom is -0.374 e. The van der Waals surface area contributed by atoms with E-state index in [1.54, 1.807) is 0 Å². The number of hydrogen-bond acceptors (Lipinski definition) is 3. The summed E-state index contributed by atoms with van der Waals surface area (Å²) in [6, 6.07) is 9.05. The van der Waals surface area contributed by atoms with Crippen LogP contribution in [0.3, 0.4) is 0 Å². The third-order valence-electron chi connectivity index (χ3n) is 4.11. The molecule has 4 heteroatoms. The molecule has 2 atom stereocenters. The van der Waals surface area contributed by atoms with E-state index in [2.05, 4.69) is 44.3 Å². The van der Waals surface area contributed by atoms with Crippen LogP contribution in [0.1, 0.15) is 18.4 Å². The van der Waals surface area contributed by atoms with Crippen molar-refractivity contribution in [2.45, 2.75) is 31.5 Å². The first-order valence-corrected chi connectivity index (χ1v) is 7.92. The Morgan fingerprint density at radius 3 is 3.16 bits per heavy atom. The highest BCUT2D eigenvalue weighted by Gasteiger charge is 2.31. The van der Waals surface area contributed by atoms with Gasteiger partial charge in [-0.1, -0.05) is 34.1 Å². The van der Waals surface area contributed by atoms with Crippen molar-refractivity contribution in [3.63, 3.8) is 0 Å². The van der Waals surface area contributed by atoms with Crippen molar-refractivity contribution >= 4 is 15.9 Å². The average Bonchev–Trinajstić information content (AvgIpc) is 2.88. The van der Waals surface area contributed by atoms with E-state index in [4.69, 9.17) is 4.74 Å². The number of morpholine rings is 1. The van der Waals surface area contributed by atoms with Gasteiger partial charge in [0.05, 0.1) is 12.7 Å². The van der Waals surface area contributed by atoms with Gasteiger partial charge in [-0.25, -0.2) is 0 Å². The molecule has 2 aliphatic heterocycles. The van der Waals surface area contributed by atoms with E-state index in [0.29, 0.717) is 12.1 Å². The zero-order valence-electron chi connectivity index (χ0n) is 11.1. The molecule has 3 nitrogen and oxygen atoms in total. The van der Waals surface area contributed by atoms with Crippen LogP contribution in [0, 0.1) is 0 Å². The summed E-state index contributed by atoms with van der Waals surface area (Å²) in [7, 11) is 0. The highest BCUT2D eigenvalue weighted by molar-refractivity contribution is 9.10. The van der Waals surface area contributed by atoms with Crippen molar-refractivity contribution in [2.24, 2.45) is 0 Å². The number of nitrogens with one attached hydrogen (secondary N) is 1. The lowest BCUT2D eigenvalue weighted by Crippen LogP contribution is -2.49. The SMILES string of the molecule is Brc1ccccc1CNCC1CN2CCCC2CO1. The van der Waals surface area contributed by atoms with Gasteiger partial charge < -0.3 is 10.1 Å². The maximum atomic E-state index is 5.94. The van der Waals surface area contributed by atoms with Crippen molar-refractivity contribution in [3.8, 4) is 0 Å². The molecule has 2 heterocycles. The van der Waals surface area contributed by atoms with E-state index in [1.165, 1.54) is 29.4 Å². The Morgan fingerprint density at radius 1 is 1.37 bits per heavy atom. The maximum Gasteiger partial charge on any atom is 0.0827 e.